The Labute approximate surface area is 235 Å². The summed E-state index contributed by atoms with van der Waals surface area (Å²) in [6.45, 7) is 5.77. The lowest BCUT2D eigenvalue weighted by atomic mass is 9.85. The number of H-pyrrole nitrogens is 1. The number of hydrogen-bond acceptors (Lipinski definition) is 6. The molecular weight excluding hydrogens is 504 g/mol. The topological polar surface area (TPSA) is 104 Å². The average molecular weight is 547 g/mol. The number of fused-ring (bicyclic) bond motifs is 3. The second-order valence-electron chi connectivity index (χ2n) is 12.8. The first kappa shape index (κ1) is 26.9. The molecule has 1 aromatic carbocycles. The van der Waals surface area contributed by atoms with Crippen molar-refractivity contribution in [3.8, 4) is 0 Å². The number of likely N-dealkylation sites (N-methyl/N-ethyl adjacent to an activating group) is 1. The van der Waals surface area contributed by atoms with Gasteiger partial charge in [0.25, 0.3) is 5.56 Å². The number of aromatic nitrogens is 3. The number of amides is 1. The summed E-state index contributed by atoms with van der Waals surface area (Å²) in [5.74, 6) is 1.01. The Hall–Kier alpha value is -3.33. The zero-order chi connectivity index (χ0) is 28.0. The van der Waals surface area contributed by atoms with Crippen LogP contribution in [-0.2, 0) is 4.74 Å². The predicted octanol–water partition coefficient (Wildman–Crippen LogP) is 5.82. The lowest BCUT2D eigenvalue weighted by molar-refractivity contribution is 0.00584. The quantitative estimate of drug-likeness (QED) is 0.373. The number of nitrogens with one attached hydrogen (secondary N) is 3. The zero-order valence-electron chi connectivity index (χ0n) is 24.1. The van der Waals surface area contributed by atoms with Crippen LogP contribution in [0.5, 0.6) is 0 Å². The van der Waals surface area contributed by atoms with Crippen LogP contribution in [0.2, 0.25) is 0 Å². The average Bonchev–Trinajstić information content (AvgIpc) is 3.42. The van der Waals surface area contributed by atoms with Gasteiger partial charge < -0.3 is 25.3 Å². The summed E-state index contributed by atoms with van der Waals surface area (Å²) in [7, 11) is 2.01. The summed E-state index contributed by atoms with van der Waals surface area (Å²) in [5.41, 5.74) is 2.45. The molecule has 40 heavy (non-hydrogen) atoms. The van der Waals surface area contributed by atoms with Crippen LogP contribution in [0.15, 0.2) is 41.3 Å². The first-order valence-electron chi connectivity index (χ1n) is 14.9. The van der Waals surface area contributed by atoms with Crippen molar-refractivity contribution in [2.75, 3.05) is 12.4 Å². The van der Waals surface area contributed by atoms with Gasteiger partial charge in [0, 0.05) is 30.0 Å². The summed E-state index contributed by atoms with van der Waals surface area (Å²) in [6.07, 6.45) is 10.1. The molecule has 2 bridgehead atoms. The molecule has 2 saturated heterocycles. The van der Waals surface area contributed by atoms with Crippen LogP contribution in [0, 0.1) is 0 Å². The van der Waals surface area contributed by atoms with Crippen molar-refractivity contribution in [2.45, 2.75) is 108 Å². The van der Waals surface area contributed by atoms with Crippen molar-refractivity contribution >= 4 is 28.5 Å². The number of nitrogens with zero attached hydrogens (tertiary/aromatic N) is 3. The van der Waals surface area contributed by atoms with Gasteiger partial charge in [0.1, 0.15) is 11.0 Å². The van der Waals surface area contributed by atoms with Gasteiger partial charge in [-0.25, -0.2) is 4.79 Å². The van der Waals surface area contributed by atoms with Crippen LogP contribution < -0.4 is 16.2 Å². The van der Waals surface area contributed by atoms with Gasteiger partial charge in [-0.05, 0) is 96.0 Å². The van der Waals surface area contributed by atoms with E-state index in [0.29, 0.717) is 23.2 Å². The molecule has 0 spiro atoms. The Bertz CT molecular complexity index is 1410. The summed E-state index contributed by atoms with van der Waals surface area (Å²) >= 11 is 0. The molecule has 6 rings (SSSR count). The van der Waals surface area contributed by atoms with E-state index in [-0.39, 0.29) is 29.8 Å². The SMILES string of the molecule is CNC1CCCCC1n1nc(Nc2ccc(C3CC4CCC(C3)N4C(=O)OC(C)(C)C)cc2)c2c(=O)[nH]ccc21. The van der Waals surface area contributed by atoms with E-state index in [0.717, 1.165) is 56.1 Å². The highest BCUT2D eigenvalue weighted by molar-refractivity contribution is 5.91. The number of ether oxygens (including phenoxy) is 1. The number of rotatable bonds is 5. The normalized spacial score (nSPS) is 26.7. The van der Waals surface area contributed by atoms with Gasteiger partial charge in [0.15, 0.2) is 5.82 Å². The molecule has 3 fully saturated rings. The second-order valence-corrected chi connectivity index (χ2v) is 12.8. The van der Waals surface area contributed by atoms with Crippen LogP contribution in [0.1, 0.15) is 89.7 Å². The van der Waals surface area contributed by atoms with E-state index < -0.39 is 5.60 Å². The fourth-order valence-electron chi connectivity index (χ4n) is 7.22. The largest absolute Gasteiger partial charge is 0.444 e. The molecule has 0 radical (unpaired) electrons. The highest BCUT2D eigenvalue weighted by Gasteiger charge is 2.45. The molecule has 1 amide bonds. The Kier molecular flexibility index (Phi) is 7.10. The fraction of sp³-hybridized carbons (Fsp3) is 0.581. The van der Waals surface area contributed by atoms with Crippen molar-refractivity contribution in [3.63, 3.8) is 0 Å². The fourth-order valence-corrected chi connectivity index (χ4v) is 7.22. The molecule has 3 aromatic rings. The predicted molar refractivity (Wildman–Crippen MR) is 157 cm³/mol. The Morgan fingerprint density at radius 3 is 2.40 bits per heavy atom. The smallest absolute Gasteiger partial charge is 0.410 e. The number of anilines is 2. The van der Waals surface area contributed by atoms with Crippen molar-refractivity contribution in [1.29, 1.82) is 0 Å². The second kappa shape index (κ2) is 10.6. The van der Waals surface area contributed by atoms with E-state index in [1.807, 2.05) is 38.8 Å². The molecule has 2 aliphatic heterocycles. The standard InChI is InChI=1S/C31H42N6O3/c1-31(2,3)40-30(39)36-22-13-14-23(36)18-20(17-22)19-9-11-21(12-10-19)34-28-27-26(15-16-33-29(27)38)37(35-28)25-8-6-5-7-24(25)32-4/h9-12,15-16,20,22-25,32H,5-8,13-14,17-18H2,1-4H3,(H,33,38)(H,34,35). The minimum Gasteiger partial charge on any atom is -0.444 e. The molecular formula is C31H42N6O3. The first-order valence-corrected chi connectivity index (χ1v) is 14.9. The number of hydrogen-bond donors (Lipinski definition) is 3. The Balaban J connectivity index is 1.20. The van der Waals surface area contributed by atoms with Crippen LogP contribution in [0.25, 0.3) is 10.9 Å². The van der Waals surface area contributed by atoms with E-state index >= 15 is 0 Å². The molecule has 9 heteroatoms. The van der Waals surface area contributed by atoms with Crippen LogP contribution in [0.3, 0.4) is 0 Å². The number of aromatic amines is 1. The molecule has 3 aliphatic rings. The molecule has 4 unspecified atom stereocenters. The number of carbonyl (C=O) groups is 1. The van der Waals surface area contributed by atoms with Crippen molar-refractivity contribution < 1.29 is 9.53 Å². The van der Waals surface area contributed by atoms with E-state index in [2.05, 4.69) is 44.6 Å². The van der Waals surface area contributed by atoms with Gasteiger partial charge in [-0.15, -0.1) is 0 Å². The van der Waals surface area contributed by atoms with Crippen molar-refractivity contribution in [1.82, 2.24) is 25.0 Å². The van der Waals surface area contributed by atoms with Gasteiger partial charge in [0.2, 0.25) is 0 Å². The van der Waals surface area contributed by atoms with Crippen molar-refractivity contribution in [2.24, 2.45) is 0 Å². The van der Waals surface area contributed by atoms with Gasteiger partial charge in [-0.1, -0.05) is 25.0 Å². The molecule has 1 saturated carbocycles. The molecule has 2 aromatic heterocycles. The monoisotopic (exact) mass is 546 g/mol. The molecule has 214 valence electrons. The number of carbonyl (C=O) groups excluding carboxylic acids is 1. The summed E-state index contributed by atoms with van der Waals surface area (Å²) in [4.78, 5) is 30.6. The third-order valence-corrected chi connectivity index (χ3v) is 9.03. The molecule has 4 heterocycles. The Morgan fingerprint density at radius 2 is 1.73 bits per heavy atom. The number of pyridine rings is 1. The highest BCUT2D eigenvalue weighted by Crippen LogP contribution is 2.44. The van der Waals surface area contributed by atoms with Crippen LogP contribution >= 0.6 is 0 Å². The van der Waals surface area contributed by atoms with Gasteiger partial charge in [0.05, 0.1) is 11.6 Å². The Morgan fingerprint density at radius 1 is 1.02 bits per heavy atom. The molecule has 3 N–H and O–H groups in total. The van der Waals surface area contributed by atoms with Crippen LogP contribution in [-0.4, -0.2) is 56.5 Å². The number of piperidine rings is 1. The highest BCUT2D eigenvalue weighted by atomic mass is 16.6. The molecule has 1 aliphatic carbocycles. The summed E-state index contributed by atoms with van der Waals surface area (Å²) in [6, 6.07) is 11.5. The van der Waals surface area contributed by atoms with Gasteiger partial charge >= 0.3 is 6.09 Å². The van der Waals surface area contributed by atoms with Gasteiger partial charge in [-0.3, -0.25) is 9.48 Å². The maximum Gasteiger partial charge on any atom is 0.410 e. The van der Waals surface area contributed by atoms with Crippen molar-refractivity contribution in [3.05, 3.63) is 52.4 Å². The minimum atomic E-state index is -0.479. The maximum absolute atomic E-state index is 12.9. The van der Waals surface area contributed by atoms with E-state index in [1.165, 1.54) is 12.0 Å². The van der Waals surface area contributed by atoms with Gasteiger partial charge in [-0.2, -0.15) is 5.10 Å². The minimum absolute atomic E-state index is 0.132. The molecule has 9 nitrogen and oxygen atoms in total. The summed E-state index contributed by atoms with van der Waals surface area (Å²) in [5, 5.41) is 12.5. The third-order valence-electron chi connectivity index (χ3n) is 9.03. The van der Waals surface area contributed by atoms with E-state index in [1.54, 1.807) is 6.20 Å². The van der Waals surface area contributed by atoms with Crippen LogP contribution in [0.4, 0.5) is 16.3 Å². The van der Waals surface area contributed by atoms with E-state index in [4.69, 9.17) is 9.84 Å². The summed E-state index contributed by atoms with van der Waals surface area (Å²) < 4.78 is 7.76. The molecule has 4 atom stereocenters. The van der Waals surface area contributed by atoms with E-state index in [9.17, 15) is 9.59 Å². The maximum atomic E-state index is 12.9. The first-order chi connectivity index (χ1) is 19.2. The lowest BCUT2D eigenvalue weighted by Gasteiger charge is -2.39. The zero-order valence-corrected chi connectivity index (χ0v) is 24.1. The number of benzene rings is 1. The third kappa shape index (κ3) is 5.11. The lowest BCUT2D eigenvalue weighted by Crippen LogP contribution is -2.48.